The van der Waals surface area contributed by atoms with Gasteiger partial charge in [-0.2, -0.15) is 0 Å². The Hall–Kier alpha value is -3.27. The lowest BCUT2D eigenvalue weighted by atomic mass is 9.89. The molecule has 1 N–H and O–H groups in total. The summed E-state index contributed by atoms with van der Waals surface area (Å²) >= 11 is 0. The van der Waals surface area contributed by atoms with E-state index in [4.69, 9.17) is 4.74 Å². The minimum Gasteiger partial charge on any atom is -0.487 e. The normalized spacial score (nSPS) is 17.5. The minimum absolute atomic E-state index is 0.0543. The van der Waals surface area contributed by atoms with Gasteiger partial charge < -0.3 is 19.9 Å². The Morgan fingerprint density at radius 2 is 1.78 bits per heavy atom. The summed E-state index contributed by atoms with van der Waals surface area (Å²) in [5.74, 6) is -1.00. The third-order valence-corrected chi connectivity index (χ3v) is 7.32. The van der Waals surface area contributed by atoms with Crippen molar-refractivity contribution in [3.63, 3.8) is 0 Å². The topological polar surface area (TPSA) is 88.0 Å². The molecule has 0 unspecified atom stereocenters. The maximum atomic E-state index is 13.6. The molecular weight excluding hydrogens is 482 g/mol. The number of piperidine rings is 2. The molecule has 0 spiro atoms. The lowest BCUT2D eigenvalue weighted by Gasteiger charge is -2.35. The van der Waals surface area contributed by atoms with Gasteiger partial charge in [-0.1, -0.05) is 6.07 Å². The van der Waals surface area contributed by atoms with Crippen LogP contribution in [-0.2, 0) is 4.79 Å². The number of amides is 1. The highest BCUT2D eigenvalue weighted by atomic mass is 19.2. The SMILES string of the molecule is CCOc1cc(NC2CCN(C(=O)CCN3CCC(c4ccc(F)c(F)c4)CC3)CC2)ccc1[N+](=O)[O-]. The van der Waals surface area contributed by atoms with Gasteiger partial charge in [0.2, 0.25) is 5.91 Å². The number of likely N-dealkylation sites (tertiary alicyclic amines) is 2. The molecule has 2 heterocycles. The van der Waals surface area contributed by atoms with Crippen LogP contribution in [0.4, 0.5) is 20.2 Å². The lowest BCUT2D eigenvalue weighted by Crippen LogP contribution is -2.43. The quantitative estimate of drug-likeness (QED) is 0.375. The first-order chi connectivity index (χ1) is 17.8. The smallest absolute Gasteiger partial charge is 0.311 e. The number of nitrogens with one attached hydrogen (secondary N) is 1. The number of carbonyl (C=O) groups excluding carboxylic acids is 1. The van der Waals surface area contributed by atoms with Crippen molar-refractivity contribution >= 4 is 17.3 Å². The van der Waals surface area contributed by atoms with Crippen LogP contribution in [0.15, 0.2) is 36.4 Å². The van der Waals surface area contributed by atoms with E-state index in [2.05, 4.69) is 10.2 Å². The Labute approximate surface area is 215 Å². The molecule has 2 fully saturated rings. The molecule has 2 aromatic rings. The predicted octanol–water partition coefficient (Wildman–Crippen LogP) is 4.94. The fourth-order valence-electron chi connectivity index (χ4n) is 5.20. The molecule has 0 atom stereocenters. The zero-order valence-corrected chi connectivity index (χ0v) is 21.1. The van der Waals surface area contributed by atoms with Crippen molar-refractivity contribution in [1.82, 2.24) is 9.80 Å². The largest absolute Gasteiger partial charge is 0.487 e. The first-order valence-corrected chi connectivity index (χ1v) is 13.0. The summed E-state index contributed by atoms with van der Waals surface area (Å²) in [7, 11) is 0. The molecular formula is C27H34F2N4O4. The van der Waals surface area contributed by atoms with Gasteiger partial charge in [-0.05, 0) is 75.4 Å². The van der Waals surface area contributed by atoms with Crippen molar-refractivity contribution in [3.8, 4) is 5.75 Å². The van der Waals surface area contributed by atoms with Crippen molar-refractivity contribution in [2.45, 2.75) is 51.0 Å². The lowest BCUT2D eigenvalue weighted by molar-refractivity contribution is -0.385. The van der Waals surface area contributed by atoms with Crippen molar-refractivity contribution in [2.75, 3.05) is 44.6 Å². The summed E-state index contributed by atoms with van der Waals surface area (Å²) < 4.78 is 32.2. The van der Waals surface area contributed by atoms with E-state index < -0.39 is 16.6 Å². The number of halogens is 2. The van der Waals surface area contributed by atoms with Gasteiger partial charge in [-0.15, -0.1) is 0 Å². The van der Waals surface area contributed by atoms with Crippen LogP contribution in [0, 0.1) is 21.7 Å². The Kier molecular flexibility index (Phi) is 8.91. The Morgan fingerprint density at radius 3 is 2.43 bits per heavy atom. The second-order valence-corrected chi connectivity index (χ2v) is 9.71. The van der Waals surface area contributed by atoms with E-state index in [1.165, 1.54) is 18.2 Å². The van der Waals surface area contributed by atoms with Gasteiger partial charge in [0.25, 0.3) is 0 Å². The molecule has 0 bridgehead atoms. The standard InChI is InChI=1S/C27H34F2N4O4/c1-2-37-26-18-22(4-6-25(26)33(35)36)30-21-9-15-32(16-10-21)27(34)11-14-31-12-7-19(8-13-31)20-3-5-23(28)24(29)17-20/h3-6,17-19,21,30H,2,7-16H2,1H3. The molecule has 1 amide bonds. The van der Waals surface area contributed by atoms with E-state index in [9.17, 15) is 23.7 Å². The van der Waals surface area contributed by atoms with Gasteiger partial charge in [0.15, 0.2) is 17.4 Å². The van der Waals surface area contributed by atoms with E-state index >= 15 is 0 Å². The molecule has 0 radical (unpaired) electrons. The van der Waals surface area contributed by atoms with Gasteiger partial charge in [0.1, 0.15) is 0 Å². The van der Waals surface area contributed by atoms with Crippen LogP contribution in [0.1, 0.15) is 50.5 Å². The second kappa shape index (κ2) is 12.3. The number of ether oxygens (including phenoxy) is 1. The number of benzene rings is 2. The molecule has 8 nitrogen and oxygen atoms in total. The van der Waals surface area contributed by atoms with Crippen LogP contribution in [0.5, 0.6) is 5.75 Å². The van der Waals surface area contributed by atoms with E-state index in [-0.39, 0.29) is 29.3 Å². The number of nitro groups is 1. The highest BCUT2D eigenvalue weighted by Crippen LogP contribution is 2.31. The van der Waals surface area contributed by atoms with Crippen LogP contribution < -0.4 is 10.1 Å². The van der Waals surface area contributed by atoms with Crippen molar-refractivity contribution in [1.29, 1.82) is 0 Å². The van der Waals surface area contributed by atoms with Crippen LogP contribution in [-0.4, -0.2) is 66.0 Å². The zero-order valence-electron chi connectivity index (χ0n) is 21.1. The summed E-state index contributed by atoms with van der Waals surface area (Å²) in [5, 5.41) is 14.6. The van der Waals surface area contributed by atoms with E-state index in [0.29, 0.717) is 32.7 Å². The minimum atomic E-state index is -0.818. The monoisotopic (exact) mass is 516 g/mol. The number of hydrogen-bond acceptors (Lipinski definition) is 6. The van der Waals surface area contributed by atoms with Gasteiger partial charge >= 0.3 is 5.69 Å². The van der Waals surface area contributed by atoms with Crippen molar-refractivity contribution < 1.29 is 23.2 Å². The third kappa shape index (κ3) is 6.94. The average molecular weight is 517 g/mol. The summed E-state index contributed by atoms with van der Waals surface area (Å²) in [5.41, 5.74) is 1.56. The van der Waals surface area contributed by atoms with Crippen LogP contribution in [0.2, 0.25) is 0 Å². The van der Waals surface area contributed by atoms with E-state index in [1.807, 2.05) is 4.90 Å². The van der Waals surface area contributed by atoms with Crippen LogP contribution in [0.25, 0.3) is 0 Å². The predicted molar refractivity (Wildman–Crippen MR) is 137 cm³/mol. The second-order valence-electron chi connectivity index (χ2n) is 9.71. The van der Waals surface area contributed by atoms with Gasteiger partial charge in [0, 0.05) is 49.9 Å². The maximum Gasteiger partial charge on any atom is 0.311 e. The molecule has 2 aliphatic heterocycles. The van der Waals surface area contributed by atoms with E-state index in [1.54, 1.807) is 25.1 Å². The molecule has 4 rings (SSSR count). The fourth-order valence-corrected chi connectivity index (χ4v) is 5.20. The molecule has 37 heavy (non-hydrogen) atoms. The molecule has 2 aliphatic rings. The molecule has 0 aromatic heterocycles. The maximum absolute atomic E-state index is 13.6. The molecule has 0 saturated carbocycles. The number of nitrogens with zero attached hydrogens (tertiary/aromatic N) is 3. The van der Waals surface area contributed by atoms with Crippen LogP contribution >= 0.6 is 0 Å². The summed E-state index contributed by atoms with van der Waals surface area (Å²) in [6.07, 6.45) is 3.79. The number of carbonyl (C=O) groups is 1. The number of hydrogen-bond donors (Lipinski definition) is 1. The summed E-state index contributed by atoms with van der Waals surface area (Å²) in [6, 6.07) is 9.14. The Morgan fingerprint density at radius 1 is 1.05 bits per heavy atom. The number of rotatable bonds is 9. The van der Waals surface area contributed by atoms with Gasteiger partial charge in [-0.25, -0.2) is 8.78 Å². The Balaban J connectivity index is 1.18. The highest BCUT2D eigenvalue weighted by Gasteiger charge is 2.26. The van der Waals surface area contributed by atoms with Gasteiger partial charge in [-0.3, -0.25) is 14.9 Å². The molecule has 200 valence electrons. The van der Waals surface area contributed by atoms with Crippen LogP contribution in [0.3, 0.4) is 0 Å². The third-order valence-electron chi connectivity index (χ3n) is 7.32. The molecule has 0 aliphatic carbocycles. The number of nitro benzene ring substituents is 1. The summed E-state index contributed by atoms with van der Waals surface area (Å²) in [4.78, 5) is 27.7. The highest BCUT2D eigenvalue weighted by molar-refractivity contribution is 5.76. The first kappa shape index (κ1) is 26.8. The molecule has 2 saturated heterocycles. The Bertz CT molecular complexity index is 1100. The molecule has 10 heteroatoms. The zero-order chi connectivity index (χ0) is 26.4. The summed E-state index contributed by atoms with van der Waals surface area (Å²) in [6.45, 7) is 5.83. The van der Waals surface area contributed by atoms with Crippen molar-refractivity contribution in [2.24, 2.45) is 0 Å². The average Bonchev–Trinajstić information content (AvgIpc) is 2.90. The van der Waals surface area contributed by atoms with E-state index in [0.717, 1.165) is 50.0 Å². The number of anilines is 1. The van der Waals surface area contributed by atoms with Crippen molar-refractivity contribution in [3.05, 3.63) is 63.7 Å². The van der Waals surface area contributed by atoms with Gasteiger partial charge in [0.05, 0.1) is 11.5 Å². The first-order valence-electron chi connectivity index (χ1n) is 13.0. The fraction of sp³-hybridized carbons (Fsp3) is 0.519. The molecule has 2 aromatic carbocycles.